The number of carbonyl (C=O) groups excluding carboxylic acids is 1. The van der Waals surface area contributed by atoms with Crippen molar-refractivity contribution in [3.05, 3.63) is 59.2 Å². The van der Waals surface area contributed by atoms with Gasteiger partial charge in [-0.1, -0.05) is 36.8 Å². The fourth-order valence-electron chi connectivity index (χ4n) is 2.13. The molecule has 0 bridgehead atoms. The van der Waals surface area contributed by atoms with Crippen LogP contribution < -0.4 is 9.47 Å². The monoisotopic (exact) mass is 284 g/mol. The van der Waals surface area contributed by atoms with Crippen LogP contribution in [-0.2, 0) is 6.42 Å². The Balaban J connectivity index is 1.89. The van der Waals surface area contributed by atoms with Crippen LogP contribution in [0.25, 0.3) is 0 Å². The number of ether oxygens (including phenoxy) is 2. The fourth-order valence-corrected chi connectivity index (χ4v) is 2.13. The van der Waals surface area contributed by atoms with Crippen molar-refractivity contribution in [2.45, 2.75) is 20.3 Å². The summed E-state index contributed by atoms with van der Waals surface area (Å²) in [6.07, 6.45) is 1.75. The van der Waals surface area contributed by atoms with Gasteiger partial charge >= 0.3 is 0 Å². The molecule has 0 heterocycles. The van der Waals surface area contributed by atoms with E-state index in [1.165, 1.54) is 5.56 Å². The zero-order valence-electron chi connectivity index (χ0n) is 12.5. The van der Waals surface area contributed by atoms with Gasteiger partial charge in [-0.05, 0) is 37.1 Å². The maximum absolute atomic E-state index is 11.0. The van der Waals surface area contributed by atoms with Crippen molar-refractivity contribution in [3.63, 3.8) is 0 Å². The van der Waals surface area contributed by atoms with Gasteiger partial charge in [0.05, 0.1) is 5.56 Å². The van der Waals surface area contributed by atoms with Gasteiger partial charge < -0.3 is 9.47 Å². The van der Waals surface area contributed by atoms with Gasteiger partial charge in [0.2, 0.25) is 0 Å². The highest BCUT2D eigenvalue weighted by atomic mass is 16.5. The van der Waals surface area contributed by atoms with Gasteiger partial charge in [-0.15, -0.1) is 0 Å². The summed E-state index contributed by atoms with van der Waals surface area (Å²) in [6.45, 7) is 4.90. The SMILES string of the molecule is CCc1ccccc1OCCOc1ccc(C)cc1C=O. The van der Waals surface area contributed by atoms with Crippen molar-refractivity contribution in [2.24, 2.45) is 0 Å². The van der Waals surface area contributed by atoms with Crippen molar-refractivity contribution in [2.75, 3.05) is 13.2 Å². The number of rotatable bonds is 7. The molecule has 0 amide bonds. The molecule has 0 saturated carbocycles. The van der Waals surface area contributed by atoms with Crippen LogP contribution in [0.4, 0.5) is 0 Å². The molecule has 0 unspecified atom stereocenters. The van der Waals surface area contributed by atoms with Crippen LogP contribution in [0.15, 0.2) is 42.5 Å². The number of hydrogen-bond acceptors (Lipinski definition) is 3. The summed E-state index contributed by atoms with van der Waals surface area (Å²) in [7, 11) is 0. The first kappa shape index (κ1) is 15.1. The van der Waals surface area contributed by atoms with Crippen LogP contribution in [0.1, 0.15) is 28.4 Å². The van der Waals surface area contributed by atoms with E-state index in [-0.39, 0.29) is 0 Å². The maximum Gasteiger partial charge on any atom is 0.153 e. The number of aryl methyl sites for hydroxylation is 2. The zero-order valence-corrected chi connectivity index (χ0v) is 12.5. The molecule has 0 atom stereocenters. The summed E-state index contributed by atoms with van der Waals surface area (Å²) < 4.78 is 11.4. The lowest BCUT2D eigenvalue weighted by Crippen LogP contribution is -2.10. The molecule has 3 heteroatoms. The van der Waals surface area contributed by atoms with E-state index >= 15 is 0 Å². The van der Waals surface area contributed by atoms with Crippen molar-refractivity contribution in [3.8, 4) is 11.5 Å². The van der Waals surface area contributed by atoms with E-state index in [4.69, 9.17) is 9.47 Å². The summed E-state index contributed by atoms with van der Waals surface area (Å²) >= 11 is 0. The molecule has 0 N–H and O–H groups in total. The average molecular weight is 284 g/mol. The molecule has 0 aliphatic rings. The van der Waals surface area contributed by atoms with Gasteiger partial charge in [0.15, 0.2) is 6.29 Å². The molecule has 0 aliphatic heterocycles. The van der Waals surface area contributed by atoms with Crippen LogP contribution in [0.3, 0.4) is 0 Å². The standard InChI is InChI=1S/C18H20O3/c1-3-15-6-4-5-7-17(15)20-10-11-21-18-9-8-14(2)12-16(18)13-19/h4-9,12-13H,3,10-11H2,1-2H3. The summed E-state index contributed by atoms with van der Waals surface area (Å²) in [4.78, 5) is 11.0. The minimum Gasteiger partial charge on any atom is -0.490 e. The highest BCUT2D eigenvalue weighted by Crippen LogP contribution is 2.20. The lowest BCUT2D eigenvalue weighted by Gasteiger charge is -2.12. The minimum absolute atomic E-state index is 0.405. The quantitative estimate of drug-likeness (QED) is 0.572. The highest BCUT2D eigenvalue weighted by molar-refractivity contribution is 5.79. The van der Waals surface area contributed by atoms with Gasteiger partial charge in [-0.25, -0.2) is 0 Å². The Kier molecular flexibility index (Phi) is 5.38. The van der Waals surface area contributed by atoms with Crippen LogP contribution in [0, 0.1) is 6.92 Å². The smallest absolute Gasteiger partial charge is 0.153 e. The van der Waals surface area contributed by atoms with Gasteiger partial charge in [-0.2, -0.15) is 0 Å². The first-order valence-electron chi connectivity index (χ1n) is 7.14. The number of carbonyl (C=O) groups is 1. The Morgan fingerprint density at radius 2 is 1.71 bits per heavy atom. The predicted molar refractivity (Wildman–Crippen MR) is 83.4 cm³/mol. The molecular formula is C18H20O3. The molecule has 2 aromatic carbocycles. The molecule has 0 aliphatic carbocycles. The van der Waals surface area contributed by atoms with Crippen LogP contribution in [0.5, 0.6) is 11.5 Å². The number of hydrogen-bond donors (Lipinski definition) is 0. The van der Waals surface area contributed by atoms with E-state index in [1.807, 2.05) is 43.3 Å². The summed E-state index contributed by atoms with van der Waals surface area (Å²) in [5, 5.41) is 0. The third-order valence-electron chi connectivity index (χ3n) is 3.24. The second kappa shape index (κ2) is 7.48. The Hall–Kier alpha value is -2.29. The lowest BCUT2D eigenvalue weighted by atomic mass is 10.1. The van der Waals surface area contributed by atoms with Crippen molar-refractivity contribution < 1.29 is 14.3 Å². The van der Waals surface area contributed by atoms with E-state index in [2.05, 4.69) is 13.0 Å². The normalized spacial score (nSPS) is 10.2. The third-order valence-corrected chi connectivity index (χ3v) is 3.24. The van der Waals surface area contributed by atoms with Gasteiger partial charge in [0, 0.05) is 0 Å². The second-order valence-electron chi connectivity index (χ2n) is 4.82. The predicted octanol–water partition coefficient (Wildman–Crippen LogP) is 3.83. The zero-order chi connectivity index (χ0) is 15.1. The van der Waals surface area contributed by atoms with Crippen molar-refractivity contribution >= 4 is 6.29 Å². The molecular weight excluding hydrogens is 264 g/mol. The summed E-state index contributed by atoms with van der Waals surface area (Å²) in [5.74, 6) is 1.49. The van der Waals surface area contributed by atoms with Gasteiger partial charge in [-0.3, -0.25) is 4.79 Å². The van der Waals surface area contributed by atoms with E-state index in [9.17, 15) is 4.79 Å². The number of benzene rings is 2. The van der Waals surface area contributed by atoms with Gasteiger partial charge in [0.1, 0.15) is 24.7 Å². The van der Waals surface area contributed by atoms with Crippen molar-refractivity contribution in [1.29, 1.82) is 0 Å². The lowest BCUT2D eigenvalue weighted by molar-refractivity contribution is 0.111. The largest absolute Gasteiger partial charge is 0.490 e. The summed E-state index contributed by atoms with van der Waals surface area (Å²) in [5.41, 5.74) is 2.79. The fraction of sp³-hybridized carbons (Fsp3) is 0.278. The Morgan fingerprint density at radius 3 is 2.43 bits per heavy atom. The molecule has 0 aromatic heterocycles. The molecule has 0 spiro atoms. The molecule has 0 fully saturated rings. The maximum atomic E-state index is 11.0. The Labute approximate surface area is 125 Å². The minimum atomic E-state index is 0.405. The van der Waals surface area contributed by atoms with Crippen LogP contribution in [0.2, 0.25) is 0 Å². The number of aldehydes is 1. The Morgan fingerprint density at radius 1 is 1.00 bits per heavy atom. The van der Waals surface area contributed by atoms with E-state index in [0.29, 0.717) is 24.5 Å². The molecule has 0 saturated heterocycles. The second-order valence-corrected chi connectivity index (χ2v) is 4.82. The highest BCUT2D eigenvalue weighted by Gasteiger charge is 2.04. The molecule has 110 valence electrons. The van der Waals surface area contributed by atoms with Crippen LogP contribution >= 0.6 is 0 Å². The first-order valence-corrected chi connectivity index (χ1v) is 7.14. The third kappa shape index (κ3) is 4.09. The number of para-hydroxylation sites is 1. The topological polar surface area (TPSA) is 35.5 Å². The molecule has 2 aromatic rings. The Bertz CT molecular complexity index is 605. The van der Waals surface area contributed by atoms with E-state index in [0.717, 1.165) is 24.0 Å². The summed E-state index contributed by atoms with van der Waals surface area (Å²) in [6, 6.07) is 13.5. The molecule has 2 rings (SSSR count). The molecule has 21 heavy (non-hydrogen) atoms. The van der Waals surface area contributed by atoms with E-state index < -0.39 is 0 Å². The van der Waals surface area contributed by atoms with Crippen LogP contribution in [-0.4, -0.2) is 19.5 Å². The van der Waals surface area contributed by atoms with Gasteiger partial charge in [0.25, 0.3) is 0 Å². The van der Waals surface area contributed by atoms with Crippen molar-refractivity contribution in [1.82, 2.24) is 0 Å². The molecule has 3 nitrogen and oxygen atoms in total. The first-order chi connectivity index (χ1) is 10.2. The molecule has 0 radical (unpaired) electrons. The average Bonchev–Trinajstić information content (AvgIpc) is 2.52. The van der Waals surface area contributed by atoms with E-state index in [1.54, 1.807) is 0 Å².